The van der Waals surface area contributed by atoms with Crippen molar-refractivity contribution in [3.8, 4) is 0 Å². The standard InChI is InChI=1S/C21H21F3N4O2S/c1-26(2)8-9-28-12-25-18-17(20(28)30)15-6-7-27(11-16(15)31-18)19(29)13-4-3-5-14(10-13)21(22,23)24/h3-5,10,12H,6-9,11H2,1-2H3. The molecule has 31 heavy (non-hydrogen) atoms. The van der Waals surface area contributed by atoms with Crippen molar-refractivity contribution in [2.45, 2.75) is 25.7 Å². The highest BCUT2D eigenvalue weighted by atomic mass is 32.1. The maximum atomic E-state index is 13.0. The van der Waals surface area contributed by atoms with E-state index in [9.17, 15) is 22.8 Å². The fraction of sp³-hybridized carbons (Fsp3) is 0.381. The molecule has 0 unspecified atom stereocenters. The summed E-state index contributed by atoms with van der Waals surface area (Å²) in [6.07, 6.45) is -2.49. The molecule has 0 fully saturated rings. The molecule has 0 N–H and O–H groups in total. The number of nitrogens with zero attached hydrogens (tertiary/aromatic N) is 4. The number of rotatable bonds is 4. The van der Waals surface area contributed by atoms with Crippen LogP contribution in [0.25, 0.3) is 10.2 Å². The van der Waals surface area contributed by atoms with Crippen molar-refractivity contribution in [2.24, 2.45) is 0 Å². The summed E-state index contributed by atoms with van der Waals surface area (Å²) in [6.45, 7) is 1.82. The Morgan fingerprint density at radius 1 is 1.29 bits per heavy atom. The molecule has 3 heterocycles. The quantitative estimate of drug-likeness (QED) is 0.613. The molecule has 4 rings (SSSR count). The predicted molar refractivity (Wildman–Crippen MR) is 112 cm³/mol. The molecule has 3 aromatic rings. The molecule has 1 aliphatic heterocycles. The zero-order chi connectivity index (χ0) is 22.3. The van der Waals surface area contributed by atoms with Crippen molar-refractivity contribution in [1.29, 1.82) is 0 Å². The van der Waals surface area contributed by atoms with Gasteiger partial charge < -0.3 is 9.80 Å². The van der Waals surface area contributed by atoms with Gasteiger partial charge in [0, 0.05) is 30.1 Å². The minimum atomic E-state index is -4.50. The van der Waals surface area contributed by atoms with Crippen molar-refractivity contribution in [3.63, 3.8) is 0 Å². The smallest absolute Gasteiger partial charge is 0.333 e. The summed E-state index contributed by atoms with van der Waals surface area (Å²) in [5.41, 5.74) is -0.0456. The van der Waals surface area contributed by atoms with Gasteiger partial charge in [-0.1, -0.05) is 6.07 Å². The number of alkyl halides is 3. The molecular formula is C21H21F3N4O2S. The zero-order valence-corrected chi connectivity index (χ0v) is 17.9. The Morgan fingerprint density at radius 2 is 2.06 bits per heavy atom. The van der Waals surface area contributed by atoms with Gasteiger partial charge >= 0.3 is 6.18 Å². The van der Waals surface area contributed by atoms with Crippen LogP contribution in [0, 0.1) is 0 Å². The van der Waals surface area contributed by atoms with E-state index in [1.807, 2.05) is 19.0 Å². The molecule has 2 aromatic heterocycles. The van der Waals surface area contributed by atoms with E-state index in [-0.39, 0.29) is 17.7 Å². The summed E-state index contributed by atoms with van der Waals surface area (Å²) >= 11 is 1.36. The Balaban J connectivity index is 1.61. The van der Waals surface area contributed by atoms with E-state index in [1.165, 1.54) is 28.4 Å². The lowest BCUT2D eigenvalue weighted by Crippen LogP contribution is -2.36. The van der Waals surface area contributed by atoms with Gasteiger partial charge in [0.2, 0.25) is 0 Å². The molecule has 0 saturated carbocycles. The van der Waals surface area contributed by atoms with E-state index in [0.717, 1.165) is 22.6 Å². The molecule has 6 nitrogen and oxygen atoms in total. The van der Waals surface area contributed by atoms with Gasteiger partial charge in [0.25, 0.3) is 11.5 Å². The van der Waals surface area contributed by atoms with Crippen LogP contribution in [-0.4, -0.2) is 52.4 Å². The van der Waals surface area contributed by atoms with Crippen molar-refractivity contribution >= 4 is 27.5 Å². The third kappa shape index (κ3) is 4.22. The van der Waals surface area contributed by atoms with Crippen LogP contribution in [0.4, 0.5) is 13.2 Å². The highest BCUT2D eigenvalue weighted by molar-refractivity contribution is 7.18. The van der Waals surface area contributed by atoms with E-state index in [4.69, 9.17) is 0 Å². The first-order valence-corrected chi connectivity index (χ1v) is 10.6. The van der Waals surface area contributed by atoms with Crippen molar-refractivity contribution < 1.29 is 18.0 Å². The molecule has 0 aliphatic carbocycles. The summed E-state index contributed by atoms with van der Waals surface area (Å²) in [7, 11) is 3.86. The molecular weight excluding hydrogens is 429 g/mol. The van der Waals surface area contributed by atoms with Crippen LogP contribution in [0.3, 0.4) is 0 Å². The molecule has 0 bridgehead atoms. The number of hydrogen-bond acceptors (Lipinski definition) is 5. The average molecular weight is 450 g/mol. The van der Waals surface area contributed by atoms with Gasteiger partial charge in [0.15, 0.2) is 0 Å². The first kappa shape index (κ1) is 21.5. The summed E-state index contributed by atoms with van der Waals surface area (Å²) in [6, 6.07) is 4.46. The van der Waals surface area contributed by atoms with Gasteiger partial charge in [-0.15, -0.1) is 11.3 Å². The zero-order valence-electron chi connectivity index (χ0n) is 17.1. The van der Waals surface area contributed by atoms with Gasteiger partial charge in [-0.25, -0.2) is 4.98 Å². The number of fused-ring (bicyclic) bond motifs is 3. The number of aromatic nitrogens is 2. The lowest BCUT2D eigenvalue weighted by atomic mass is 10.0. The van der Waals surface area contributed by atoms with Crippen LogP contribution >= 0.6 is 11.3 Å². The van der Waals surface area contributed by atoms with E-state index in [1.54, 1.807) is 10.9 Å². The second-order valence-electron chi connectivity index (χ2n) is 7.79. The van der Waals surface area contributed by atoms with Gasteiger partial charge in [-0.2, -0.15) is 13.2 Å². The highest BCUT2D eigenvalue weighted by Crippen LogP contribution is 2.33. The minimum Gasteiger partial charge on any atom is -0.333 e. The molecule has 10 heteroatoms. The molecule has 0 atom stereocenters. The van der Waals surface area contributed by atoms with Crippen molar-refractivity contribution in [3.05, 3.63) is 62.5 Å². The van der Waals surface area contributed by atoms with E-state index in [0.29, 0.717) is 36.3 Å². The number of hydrogen-bond donors (Lipinski definition) is 0. The molecule has 1 amide bonds. The third-order valence-electron chi connectivity index (χ3n) is 5.34. The molecule has 164 valence electrons. The number of thiophene rings is 1. The normalized spacial score (nSPS) is 14.3. The number of likely N-dealkylation sites (N-methyl/N-ethyl adjacent to an activating group) is 1. The third-order valence-corrected chi connectivity index (χ3v) is 6.46. The summed E-state index contributed by atoms with van der Waals surface area (Å²) < 4.78 is 40.6. The molecule has 0 radical (unpaired) electrons. The topological polar surface area (TPSA) is 58.4 Å². The van der Waals surface area contributed by atoms with Crippen LogP contribution in [0.1, 0.15) is 26.4 Å². The molecule has 1 aromatic carbocycles. The van der Waals surface area contributed by atoms with Gasteiger partial charge in [0.05, 0.1) is 23.8 Å². The molecule has 0 spiro atoms. The maximum Gasteiger partial charge on any atom is 0.416 e. The average Bonchev–Trinajstić information content (AvgIpc) is 3.10. The van der Waals surface area contributed by atoms with Crippen LogP contribution in [0.15, 0.2) is 35.4 Å². The predicted octanol–water partition coefficient (Wildman–Crippen LogP) is 3.24. The number of benzene rings is 1. The molecule has 1 aliphatic rings. The summed E-state index contributed by atoms with van der Waals surface area (Å²) in [5, 5.41) is 0.590. The van der Waals surface area contributed by atoms with Crippen molar-refractivity contribution in [1.82, 2.24) is 19.4 Å². The Hall–Kier alpha value is -2.72. The van der Waals surface area contributed by atoms with E-state index >= 15 is 0 Å². The maximum absolute atomic E-state index is 13.0. The Labute approximate surface area is 180 Å². The van der Waals surface area contributed by atoms with Crippen molar-refractivity contribution in [2.75, 3.05) is 27.2 Å². The summed E-state index contributed by atoms with van der Waals surface area (Å²) in [5.74, 6) is -0.453. The number of amides is 1. The lowest BCUT2D eigenvalue weighted by Gasteiger charge is -2.27. The highest BCUT2D eigenvalue weighted by Gasteiger charge is 2.32. The number of carbonyl (C=O) groups is 1. The second kappa shape index (κ2) is 8.08. The van der Waals surface area contributed by atoms with E-state index in [2.05, 4.69) is 4.98 Å². The Kier molecular flexibility index (Phi) is 5.61. The van der Waals surface area contributed by atoms with E-state index < -0.39 is 17.6 Å². The van der Waals surface area contributed by atoms with Crippen LogP contribution in [0.2, 0.25) is 0 Å². The van der Waals surface area contributed by atoms with Gasteiger partial charge in [0.1, 0.15) is 4.83 Å². The Morgan fingerprint density at radius 3 is 2.77 bits per heavy atom. The first-order chi connectivity index (χ1) is 14.6. The fourth-order valence-corrected chi connectivity index (χ4v) is 4.86. The number of halogens is 3. The Bertz CT molecular complexity index is 1200. The fourth-order valence-electron chi connectivity index (χ4n) is 3.67. The van der Waals surface area contributed by atoms with Crippen LogP contribution in [-0.2, 0) is 25.7 Å². The minimum absolute atomic E-state index is 0.00329. The second-order valence-corrected chi connectivity index (χ2v) is 8.87. The monoisotopic (exact) mass is 450 g/mol. The first-order valence-electron chi connectivity index (χ1n) is 9.76. The SMILES string of the molecule is CN(C)CCn1cnc2sc3c(c2c1=O)CCN(C(=O)c1cccc(C(F)(F)F)c1)C3. The summed E-state index contributed by atoms with van der Waals surface area (Å²) in [4.78, 5) is 35.2. The largest absolute Gasteiger partial charge is 0.416 e. The van der Waals surface area contributed by atoms with Crippen LogP contribution in [0.5, 0.6) is 0 Å². The molecule has 0 saturated heterocycles. The number of carbonyl (C=O) groups excluding carboxylic acids is 1. The van der Waals surface area contributed by atoms with Gasteiger partial charge in [-0.3, -0.25) is 14.2 Å². The van der Waals surface area contributed by atoms with Crippen LogP contribution < -0.4 is 5.56 Å². The lowest BCUT2D eigenvalue weighted by molar-refractivity contribution is -0.137. The van der Waals surface area contributed by atoms with Gasteiger partial charge in [-0.05, 0) is 44.3 Å².